The maximum absolute atomic E-state index is 13.3. The van der Waals surface area contributed by atoms with Gasteiger partial charge in [0, 0.05) is 10.5 Å². The molecule has 1 atom stereocenters. The number of aldehydes is 1. The van der Waals surface area contributed by atoms with Gasteiger partial charge in [0.05, 0.1) is 15.7 Å². The van der Waals surface area contributed by atoms with E-state index < -0.39 is 10.8 Å². The summed E-state index contributed by atoms with van der Waals surface area (Å²) in [5, 5.41) is 1.86. The van der Waals surface area contributed by atoms with Crippen molar-refractivity contribution in [3.05, 3.63) is 70.8 Å². The number of rotatable bonds is 3. The lowest BCUT2D eigenvalue weighted by atomic mass is 10.1. The van der Waals surface area contributed by atoms with Crippen molar-refractivity contribution >= 4 is 27.9 Å². The van der Waals surface area contributed by atoms with Crippen LogP contribution < -0.4 is 0 Å². The third-order valence-corrected chi connectivity index (χ3v) is 5.85. The summed E-state index contributed by atoms with van der Waals surface area (Å²) in [7, 11) is -1.40. The SMILES string of the molecule is Cc1cc(C)c(S(=O)c2c(C=O)ccc3ccccc23)c(C)c1. The summed E-state index contributed by atoms with van der Waals surface area (Å²) >= 11 is 0. The van der Waals surface area contributed by atoms with Gasteiger partial charge in [0.2, 0.25) is 0 Å². The Hall–Kier alpha value is -2.26. The van der Waals surface area contributed by atoms with Crippen LogP contribution in [0.15, 0.2) is 58.3 Å². The predicted molar refractivity (Wildman–Crippen MR) is 94.7 cm³/mol. The molecule has 0 aliphatic rings. The highest BCUT2D eigenvalue weighted by molar-refractivity contribution is 7.85. The quantitative estimate of drug-likeness (QED) is 0.652. The third-order valence-electron chi connectivity index (χ3n) is 4.01. The van der Waals surface area contributed by atoms with E-state index in [-0.39, 0.29) is 0 Å². The van der Waals surface area contributed by atoms with Crippen molar-refractivity contribution in [2.75, 3.05) is 0 Å². The Morgan fingerprint density at radius 3 is 2.17 bits per heavy atom. The molecule has 0 aromatic heterocycles. The molecule has 0 N–H and O–H groups in total. The second-order valence-corrected chi connectivity index (χ2v) is 7.17. The number of carbonyl (C=O) groups excluding carboxylic acids is 1. The van der Waals surface area contributed by atoms with E-state index in [1.54, 1.807) is 6.07 Å². The van der Waals surface area contributed by atoms with E-state index >= 15 is 0 Å². The topological polar surface area (TPSA) is 34.1 Å². The van der Waals surface area contributed by atoms with Crippen LogP contribution in [0.1, 0.15) is 27.0 Å². The molecule has 2 nitrogen and oxygen atoms in total. The van der Waals surface area contributed by atoms with Crippen LogP contribution in [0.25, 0.3) is 10.8 Å². The Bertz CT molecular complexity index is 919. The molecule has 0 saturated carbocycles. The van der Waals surface area contributed by atoms with Crippen molar-refractivity contribution in [3.8, 4) is 0 Å². The number of hydrogen-bond acceptors (Lipinski definition) is 2. The van der Waals surface area contributed by atoms with Gasteiger partial charge < -0.3 is 0 Å². The molecule has 3 aromatic rings. The number of hydrogen-bond donors (Lipinski definition) is 0. The molecule has 1 unspecified atom stereocenters. The lowest BCUT2D eigenvalue weighted by Crippen LogP contribution is -2.04. The molecule has 3 rings (SSSR count). The second-order valence-electron chi connectivity index (χ2n) is 5.82. The van der Waals surface area contributed by atoms with Crippen molar-refractivity contribution < 1.29 is 9.00 Å². The van der Waals surface area contributed by atoms with Gasteiger partial charge in [0.1, 0.15) is 0 Å². The van der Waals surface area contributed by atoms with E-state index in [1.165, 1.54) is 0 Å². The summed E-state index contributed by atoms with van der Waals surface area (Å²) < 4.78 is 13.3. The first-order valence-corrected chi connectivity index (χ1v) is 8.64. The molecule has 0 heterocycles. The minimum absolute atomic E-state index is 0.487. The van der Waals surface area contributed by atoms with Crippen molar-refractivity contribution in [1.82, 2.24) is 0 Å². The highest BCUT2D eigenvalue weighted by Gasteiger charge is 2.19. The van der Waals surface area contributed by atoms with E-state index in [2.05, 4.69) is 0 Å². The van der Waals surface area contributed by atoms with Crippen molar-refractivity contribution in [3.63, 3.8) is 0 Å². The van der Waals surface area contributed by atoms with E-state index in [4.69, 9.17) is 0 Å². The molecule has 0 fully saturated rings. The van der Waals surface area contributed by atoms with Gasteiger partial charge in [-0.05, 0) is 48.7 Å². The van der Waals surface area contributed by atoms with Crippen LogP contribution >= 0.6 is 0 Å². The fourth-order valence-electron chi connectivity index (χ4n) is 3.12. The summed E-state index contributed by atoms with van der Waals surface area (Å²) in [4.78, 5) is 12.9. The molecule has 23 heavy (non-hydrogen) atoms. The van der Waals surface area contributed by atoms with Gasteiger partial charge >= 0.3 is 0 Å². The zero-order valence-electron chi connectivity index (χ0n) is 13.4. The Kier molecular flexibility index (Phi) is 4.14. The normalized spacial score (nSPS) is 12.3. The number of aryl methyl sites for hydroxylation is 3. The average Bonchev–Trinajstić information content (AvgIpc) is 2.52. The highest BCUT2D eigenvalue weighted by atomic mass is 32.2. The van der Waals surface area contributed by atoms with Crippen LogP contribution in [0.2, 0.25) is 0 Å². The molecule has 3 heteroatoms. The first-order valence-electron chi connectivity index (χ1n) is 7.49. The average molecular weight is 322 g/mol. The minimum Gasteiger partial charge on any atom is -0.298 e. The molecule has 0 aliphatic heterocycles. The lowest BCUT2D eigenvalue weighted by Gasteiger charge is -2.14. The Labute approximate surface area is 138 Å². The van der Waals surface area contributed by atoms with Crippen LogP contribution in [0.5, 0.6) is 0 Å². The first-order chi connectivity index (χ1) is 11.0. The molecule has 0 bridgehead atoms. The van der Waals surface area contributed by atoms with E-state index in [1.807, 2.05) is 63.2 Å². The van der Waals surface area contributed by atoms with Gasteiger partial charge in [0.25, 0.3) is 0 Å². The van der Waals surface area contributed by atoms with Crippen molar-refractivity contribution in [2.24, 2.45) is 0 Å². The van der Waals surface area contributed by atoms with Gasteiger partial charge in [-0.25, -0.2) is 4.21 Å². The van der Waals surface area contributed by atoms with Crippen LogP contribution in [0, 0.1) is 20.8 Å². The fourth-order valence-corrected chi connectivity index (χ4v) is 4.74. The summed E-state index contributed by atoms with van der Waals surface area (Å²) in [6.07, 6.45) is 0.790. The van der Waals surface area contributed by atoms with Crippen molar-refractivity contribution in [2.45, 2.75) is 30.6 Å². The minimum atomic E-state index is -1.40. The Morgan fingerprint density at radius 1 is 0.870 bits per heavy atom. The molecule has 0 radical (unpaired) electrons. The monoisotopic (exact) mass is 322 g/mol. The fraction of sp³-hybridized carbons (Fsp3) is 0.150. The number of benzene rings is 3. The summed E-state index contributed by atoms with van der Waals surface area (Å²) in [6, 6.07) is 15.5. The Morgan fingerprint density at radius 2 is 1.52 bits per heavy atom. The van der Waals surface area contributed by atoms with Crippen molar-refractivity contribution in [1.29, 1.82) is 0 Å². The molecular weight excluding hydrogens is 304 g/mol. The zero-order chi connectivity index (χ0) is 16.6. The molecule has 0 amide bonds. The van der Waals surface area contributed by atoms with Crippen LogP contribution in [-0.2, 0) is 10.8 Å². The van der Waals surface area contributed by atoms with Gasteiger partial charge in [-0.2, -0.15) is 0 Å². The Balaban J connectivity index is 2.32. The zero-order valence-corrected chi connectivity index (χ0v) is 14.2. The predicted octanol–water partition coefficient (Wildman–Crippen LogP) is 4.74. The maximum atomic E-state index is 13.3. The van der Waals surface area contributed by atoms with Crippen LogP contribution in [0.4, 0.5) is 0 Å². The largest absolute Gasteiger partial charge is 0.298 e. The smallest absolute Gasteiger partial charge is 0.151 e. The van der Waals surface area contributed by atoms with Gasteiger partial charge in [-0.1, -0.05) is 48.0 Å². The van der Waals surface area contributed by atoms with Gasteiger partial charge in [-0.3, -0.25) is 4.79 Å². The summed E-state index contributed by atoms with van der Waals surface area (Å²) in [5.74, 6) is 0. The molecule has 116 valence electrons. The van der Waals surface area contributed by atoms with E-state index in [0.717, 1.165) is 38.6 Å². The number of fused-ring (bicyclic) bond motifs is 1. The molecular formula is C20H18O2S. The first kappa shape index (κ1) is 15.6. The molecule has 0 aliphatic carbocycles. The third kappa shape index (κ3) is 2.73. The van der Waals surface area contributed by atoms with E-state index in [0.29, 0.717) is 10.5 Å². The molecule has 0 saturated heterocycles. The molecule has 3 aromatic carbocycles. The van der Waals surface area contributed by atoms with Crippen LogP contribution in [0.3, 0.4) is 0 Å². The molecule has 0 spiro atoms. The summed E-state index contributed by atoms with van der Waals surface area (Å²) in [5.41, 5.74) is 3.62. The summed E-state index contributed by atoms with van der Waals surface area (Å²) in [6.45, 7) is 5.97. The second kappa shape index (κ2) is 6.09. The van der Waals surface area contributed by atoms with E-state index in [9.17, 15) is 9.00 Å². The lowest BCUT2D eigenvalue weighted by molar-refractivity contribution is 0.112. The highest BCUT2D eigenvalue weighted by Crippen LogP contribution is 2.31. The van der Waals surface area contributed by atoms with Crippen LogP contribution in [-0.4, -0.2) is 10.5 Å². The standard InChI is InChI=1S/C20H18O2S/c1-13-10-14(2)19(15(3)11-13)23(22)20-17(12-21)9-8-16-6-4-5-7-18(16)20/h4-12H,1-3H3. The maximum Gasteiger partial charge on any atom is 0.151 e. The van der Waals surface area contributed by atoms with Gasteiger partial charge in [-0.15, -0.1) is 0 Å². The van der Waals surface area contributed by atoms with Gasteiger partial charge in [0.15, 0.2) is 6.29 Å². The number of carbonyl (C=O) groups is 1.